The topological polar surface area (TPSA) is 35.5 Å². The van der Waals surface area contributed by atoms with Gasteiger partial charge in [0.2, 0.25) is 0 Å². The van der Waals surface area contributed by atoms with Gasteiger partial charge in [0, 0.05) is 13.0 Å². The van der Waals surface area contributed by atoms with Crippen LogP contribution in [0.2, 0.25) is 5.04 Å². The summed E-state index contributed by atoms with van der Waals surface area (Å²) in [5, 5.41) is 2.57. The van der Waals surface area contributed by atoms with E-state index in [9.17, 15) is 4.79 Å². The molecule has 0 N–H and O–H groups in total. The first-order valence-corrected chi connectivity index (χ1v) is 14.2. The third-order valence-corrected chi connectivity index (χ3v) is 11.9. The van der Waals surface area contributed by atoms with Gasteiger partial charge in [0.25, 0.3) is 8.32 Å². The lowest BCUT2D eigenvalue weighted by Gasteiger charge is -2.43. The summed E-state index contributed by atoms with van der Waals surface area (Å²) in [5.41, 5.74) is 0. The van der Waals surface area contributed by atoms with Crippen molar-refractivity contribution < 1.29 is 14.0 Å². The Morgan fingerprint density at radius 2 is 1.61 bits per heavy atom. The van der Waals surface area contributed by atoms with Crippen LogP contribution in [0.5, 0.6) is 0 Å². The standard InChI is InChI=1S/C29H40O3Si/c1-6-13-24(30)22-25-19-18-23(2)28(32-25)20-21-31-33(29(3,4)5,26-14-9-7-10-15-26)27-16-11-8-12-17-27/h6-17,23,25,28H,18-22H2,1-5H3/b13-6+/t23-,25+,28+/m0/s1. The number of rotatable bonds is 9. The molecule has 0 unspecified atom stereocenters. The lowest BCUT2D eigenvalue weighted by Crippen LogP contribution is -2.66. The third-order valence-electron chi connectivity index (χ3n) is 6.87. The van der Waals surface area contributed by atoms with Gasteiger partial charge in [-0.15, -0.1) is 0 Å². The molecule has 2 aromatic rings. The van der Waals surface area contributed by atoms with Crippen LogP contribution in [0.15, 0.2) is 72.8 Å². The molecule has 1 heterocycles. The van der Waals surface area contributed by atoms with Gasteiger partial charge in [-0.05, 0) is 53.6 Å². The van der Waals surface area contributed by atoms with E-state index in [4.69, 9.17) is 9.16 Å². The first-order chi connectivity index (χ1) is 15.8. The smallest absolute Gasteiger partial charge is 0.261 e. The molecule has 3 rings (SSSR count). The third kappa shape index (κ3) is 6.11. The molecule has 1 fully saturated rings. The van der Waals surface area contributed by atoms with Gasteiger partial charge in [-0.2, -0.15) is 0 Å². The zero-order valence-corrected chi connectivity index (χ0v) is 21.9. The predicted octanol–water partition coefficient (Wildman–Crippen LogP) is 5.67. The van der Waals surface area contributed by atoms with Crippen LogP contribution in [-0.2, 0) is 14.0 Å². The summed E-state index contributed by atoms with van der Waals surface area (Å²) in [5.74, 6) is 0.625. The van der Waals surface area contributed by atoms with Crippen molar-refractivity contribution in [2.24, 2.45) is 5.92 Å². The van der Waals surface area contributed by atoms with Crippen LogP contribution in [0, 0.1) is 5.92 Å². The molecule has 0 saturated carbocycles. The van der Waals surface area contributed by atoms with Crippen LogP contribution in [0.25, 0.3) is 0 Å². The first-order valence-electron chi connectivity index (χ1n) is 12.3. The van der Waals surface area contributed by atoms with Crippen LogP contribution >= 0.6 is 0 Å². The van der Waals surface area contributed by atoms with Gasteiger partial charge < -0.3 is 9.16 Å². The predicted molar refractivity (Wildman–Crippen MR) is 140 cm³/mol. The number of carbonyl (C=O) groups is 1. The monoisotopic (exact) mass is 464 g/mol. The van der Waals surface area contributed by atoms with Gasteiger partial charge in [-0.1, -0.05) is 94.4 Å². The van der Waals surface area contributed by atoms with Gasteiger partial charge in [-0.3, -0.25) is 4.79 Å². The van der Waals surface area contributed by atoms with Gasteiger partial charge in [0.05, 0.1) is 12.2 Å². The Morgan fingerprint density at radius 1 is 1.03 bits per heavy atom. The summed E-state index contributed by atoms with van der Waals surface area (Å²) in [6.45, 7) is 11.7. The molecular formula is C29H40O3Si. The molecule has 0 bridgehead atoms. The maximum atomic E-state index is 12.1. The van der Waals surface area contributed by atoms with E-state index in [0.29, 0.717) is 18.9 Å². The zero-order valence-electron chi connectivity index (χ0n) is 20.9. The van der Waals surface area contributed by atoms with Crippen LogP contribution in [-0.4, -0.2) is 32.9 Å². The number of hydrogen-bond acceptors (Lipinski definition) is 3. The number of ether oxygens (including phenoxy) is 1. The summed E-state index contributed by atoms with van der Waals surface area (Å²) in [7, 11) is -2.53. The Labute approximate surface area is 201 Å². The summed E-state index contributed by atoms with van der Waals surface area (Å²) < 4.78 is 13.5. The van der Waals surface area contributed by atoms with E-state index in [1.807, 2.05) is 13.0 Å². The number of benzene rings is 2. The SMILES string of the molecule is C/C=C/C(=O)C[C@H]1CC[C@H](C)[C@@H](CCO[Si](c2ccccc2)(c2ccccc2)C(C)(C)C)O1. The molecule has 0 aromatic heterocycles. The second-order valence-electron chi connectivity index (χ2n) is 10.3. The number of allylic oxidation sites excluding steroid dienone is 2. The lowest BCUT2D eigenvalue weighted by atomic mass is 9.90. The minimum atomic E-state index is -2.53. The van der Waals surface area contributed by atoms with Gasteiger partial charge in [0.1, 0.15) is 0 Å². The Hall–Kier alpha value is -2.01. The van der Waals surface area contributed by atoms with E-state index in [-0.39, 0.29) is 23.0 Å². The molecule has 3 atom stereocenters. The van der Waals surface area contributed by atoms with Gasteiger partial charge >= 0.3 is 0 Å². The highest BCUT2D eigenvalue weighted by Gasteiger charge is 2.50. The minimum Gasteiger partial charge on any atom is -0.407 e. The largest absolute Gasteiger partial charge is 0.407 e. The van der Waals surface area contributed by atoms with Crippen molar-refractivity contribution in [3.63, 3.8) is 0 Å². The molecule has 1 aliphatic rings. The van der Waals surface area contributed by atoms with Crippen molar-refractivity contribution in [3.8, 4) is 0 Å². The van der Waals surface area contributed by atoms with E-state index >= 15 is 0 Å². The first kappa shape index (κ1) is 25.6. The second kappa shape index (κ2) is 11.4. The molecule has 33 heavy (non-hydrogen) atoms. The Balaban J connectivity index is 1.79. The molecule has 0 aliphatic carbocycles. The van der Waals surface area contributed by atoms with Crippen molar-refractivity contribution in [1.82, 2.24) is 0 Å². The van der Waals surface area contributed by atoms with Crippen molar-refractivity contribution in [2.45, 2.75) is 77.5 Å². The molecule has 178 valence electrons. The molecule has 1 aliphatic heterocycles. The molecule has 0 amide bonds. The fourth-order valence-electron chi connectivity index (χ4n) is 5.15. The summed E-state index contributed by atoms with van der Waals surface area (Å²) >= 11 is 0. The average Bonchev–Trinajstić information content (AvgIpc) is 2.79. The van der Waals surface area contributed by atoms with E-state index in [0.717, 1.165) is 19.3 Å². The maximum Gasteiger partial charge on any atom is 0.261 e. The van der Waals surface area contributed by atoms with E-state index < -0.39 is 8.32 Å². The fraction of sp³-hybridized carbons (Fsp3) is 0.483. The van der Waals surface area contributed by atoms with Crippen LogP contribution in [0.4, 0.5) is 0 Å². The Bertz CT molecular complexity index is 862. The highest BCUT2D eigenvalue weighted by atomic mass is 28.4. The van der Waals surface area contributed by atoms with Crippen molar-refractivity contribution in [3.05, 3.63) is 72.8 Å². The second-order valence-corrected chi connectivity index (χ2v) is 14.6. The highest BCUT2D eigenvalue weighted by Crippen LogP contribution is 2.37. The molecule has 3 nitrogen and oxygen atoms in total. The lowest BCUT2D eigenvalue weighted by molar-refractivity contribution is -0.124. The number of ketones is 1. The van der Waals surface area contributed by atoms with Crippen LogP contribution in [0.1, 0.15) is 60.3 Å². The summed E-state index contributed by atoms with van der Waals surface area (Å²) in [6, 6.07) is 21.5. The van der Waals surface area contributed by atoms with E-state index in [1.165, 1.54) is 10.4 Å². The van der Waals surface area contributed by atoms with Gasteiger partial charge in [0.15, 0.2) is 5.78 Å². The zero-order chi connectivity index (χ0) is 23.9. The Morgan fingerprint density at radius 3 is 2.12 bits per heavy atom. The molecule has 0 radical (unpaired) electrons. The van der Waals surface area contributed by atoms with E-state index in [2.05, 4.69) is 88.4 Å². The molecular weight excluding hydrogens is 424 g/mol. The quantitative estimate of drug-likeness (QED) is 0.354. The molecule has 2 aromatic carbocycles. The minimum absolute atomic E-state index is 0.0164. The molecule has 4 heteroatoms. The normalized spacial score (nSPS) is 21.9. The van der Waals surface area contributed by atoms with Crippen molar-refractivity contribution in [1.29, 1.82) is 0 Å². The summed E-state index contributed by atoms with van der Waals surface area (Å²) in [4.78, 5) is 12.1. The molecule has 0 spiro atoms. The van der Waals surface area contributed by atoms with E-state index in [1.54, 1.807) is 6.08 Å². The number of carbonyl (C=O) groups excluding carboxylic acids is 1. The summed E-state index contributed by atoms with van der Waals surface area (Å²) in [6.07, 6.45) is 6.98. The highest BCUT2D eigenvalue weighted by molar-refractivity contribution is 6.99. The Kier molecular flexibility index (Phi) is 8.86. The van der Waals surface area contributed by atoms with Gasteiger partial charge in [-0.25, -0.2) is 0 Å². The number of hydrogen-bond donors (Lipinski definition) is 0. The maximum absolute atomic E-state index is 12.1. The molecule has 1 saturated heterocycles. The van der Waals surface area contributed by atoms with Crippen LogP contribution in [0.3, 0.4) is 0 Å². The van der Waals surface area contributed by atoms with Crippen LogP contribution < -0.4 is 10.4 Å². The van der Waals surface area contributed by atoms with Crippen molar-refractivity contribution >= 4 is 24.5 Å². The fourth-order valence-corrected chi connectivity index (χ4v) is 9.73. The average molecular weight is 465 g/mol. The van der Waals surface area contributed by atoms with Crippen molar-refractivity contribution in [2.75, 3.05) is 6.61 Å².